The highest BCUT2D eigenvalue weighted by Gasteiger charge is 2.18. The molecule has 0 N–H and O–H groups in total. The molecule has 2 rings (SSSR count). The lowest BCUT2D eigenvalue weighted by atomic mass is 9.87. The van der Waals surface area contributed by atoms with Gasteiger partial charge in [-0.15, -0.1) is 0 Å². The normalized spacial score (nSPS) is 15.8. The fourth-order valence-electron chi connectivity index (χ4n) is 2.31. The second kappa shape index (κ2) is 5.97. The van der Waals surface area contributed by atoms with Crippen LogP contribution < -0.4 is 0 Å². The molecule has 0 saturated carbocycles. The van der Waals surface area contributed by atoms with E-state index in [-0.39, 0.29) is 0 Å². The molecule has 90 valence electrons. The number of benzene rings is 1. The van der Waals surface area contributed by atoms with Crippen LogP contribution >= 0.6 is 12.2 Å². The van der Waals surface area contributed by atoms with Crippen LogP contribution in [0, 0.1) is 0 Å². The minimum atomic E-state index is 0.657. The molecule has 1 nitrogen and oxygen atoms in total. The van der Waals surface area contributed by atoms with Gasteiger partial charge in [0.05, 0.1) is 6.61 Å². The van der Waals surface area contributed by atoms with E-state index in [4.69, 9.17) is 17.0 Å². The van der Waals surface area contributed by atoms with E-state index in [1.54, 1.807) is 0 Å². The molecule has 1 aromatic rings. The zero-order valence-corrected chi connectivity index (χ0v) is 11.1. The topological polar surface area (TPSA) is 9.23 Å². The van der Waals surface area contributed by atoms with Crippen LogP contribution in [0.4, 0.5) is 0 Å². The quantitative estimate of drug-likeness (QED) is 0.732. The predicted molar refractivity (Wildman–Crippen MR) is 76.1 cm³/mol. The lowest BCUT2D eigenvalue weighted by Gasteiger charge is -2.21. The average molecular weight is 246 g/mol. The van der Waals surface area contributed by atoms with E-state index in [9.17, 15) is 0 Å². The summed E-state index contributed by atoms with van der Waals surface area (Å²) in [5, 5.41) is 0.700. The highest BCUT2D eigenvalue weighted by Crippen LogP contribution is 2.33. The lowest BCUT2D eigenvalue weighted by Crippen LogP contribution is -2.11. The Morgan fingerprint density at radius 1 is 1.18 bits per heavy atom. The molecule has 0 spiro atoms. The largest absolute Gasteiger partial charge is 0.483 e. The molecule has 0 fully saturated rings. The first-order chi connectivity index (χ1) is 8.33. The van der Waals surface area contributed by atoms with Gasteiger partial charge in [-0.2, -0.15) is 0 Å². The van der Waals surface area contributed by atoms with Gasteiger partial charge < -0.3 is 4.74 Å². The maximum atomic E-state index is 5.51. The first-order valence-electron chi connectivity index (χ1n) is 6.27. The van der Waals surface area contributed by atoms with E-state index in [1.807, 2.05) is 13.0 Å². The van der Waals surface area contributed by atoms with Crippen molar-refractivity contribution in [2.24, 2.45) is 0 Å². The van der Waals surface area contributed by atoms with E-state index in [2.05, 4.69) is 24.3 Å². The second-order valence-corrected chi connectivity index (χ2v) is 4.62. The highest BCUT2D eigenvalue weighted by molar-refractivity contribution is 7.80. The Labute approximate surface area is 108 Å². The molecule has 1 aliphatic carbocycles. The molecule has 0 heterocycles. The summed E-state index contributed by atoms with van der Waals surface area (Å²) >= 11 is 5.37. The van der Waals surface area contributed by atoms with E-state index in [1.165, 1.54) is 29.6 Å². The summed E-state index contributed by atoms with van der Waals surface area (Å²) < 4.78 is 5.51. The SMILES string of the molecule is CCOC(=S)C1=C(c2ccccc2)CCCC1. The van der Waals surface area contributed by atoms with Gasteiger partial charge in [0.25, 0.3) is 0 Å². The molecule has 0 radical (unpaired) electrons. The lowest BCUT2D eigenvalue weighted by molar-refractivity contribution is 0.335. The van der Waals surface area contributed by atoms with Crippen LogP contribution in [-0.4, -0.2) is 11.7 Å². The summed E-state index contributed by atoms with van der Waals surface area (Å²) in [5.74, 6) is 0. The Bertz CT molecular complexity index is 420. The van der Waals surface area contributed by atoms with Gasteiger partial charge in [-0.05, 0) is 56.0 Å². The van der Waals surface area contributed by atoms with Crippen LogP contribution in [0.3, 0.4) is 0 Å². The van der Waals surface area contributed by atoms with Gasteiger partial charge in [0.15, 0.2) is 5.05 Å². The third kappa shape index (κ3) is 2.95. The minimum Gasteiger partial charge on any atom is -0.483 e. The summed E-state index contributed by atoms with van der Waals surface area (Å²) in [5.41, 5.74) is 3.93. The number of allylic oxidation sites excluding steroid dienone is 1. The maximum Gasteiger partial charge on any atom is 0.187 e. The minimum absolute atomic E-state index is 0.657. The highest BCUT2D eigenvalue weighted by atomic mass is 32.1. The summed E-state index contributed by atoms with van der Waals surface area (Å²) in [4.78, 5) is 0. The third-order valence-corrected chi connectivity index (χ3v) is 3.48. The van der Waals surface area contributed by atoms with Crippen molar-refractivity contribution in [2.75, 3.05) is 6.61 Å². The van der Waals surface area contributed by atoms with Crippen molar-refractivity contribution in [2.45, 2.75) is 32.6 Å². The molecular weight excluding hydrogens is 228 g/mol. The molecule has 17 heavy (non-hydrogen) atoms. The molecule has 1 aliphatic rings. The summed E-state index contributed by atoms with van der Waals surface area (Å²) in [6.07, 6.45) is 4.65. The van der Waals surface area contributed by atoms with Crippen molar-refractivity contribution in [3.05, 3.63) is 41.5 Å². The smallest absolute Gasteiger partial charge is 0.187 e. The molecule has 0 aromatic heterocycles. The zero-order valence-electron chi connectivity index (χ0n) is 10.2. The standard InChI is InChI=1S/C15H18OS/c1-2-16-15(17)14-11-7-6-10-13(14)12-8-4-3-5-9-12/h3-5,8-9H,2,6-7,10-11H2,1H3. The number of rotatable bonds is 3. The molecule has 1 aromatic carbocycles. The van der Waals surface area contributed by atoms with Gasteiger partial charge in [-0.1, -0.05) is 30.3 Å². The monoisotopic (exact) mass is 246 g/mol. The maximum absolute atomic E-state index is 5.51. The van der Waals surface area contributed by atoms with Crippen LogP contribution in [0.1, 0.15) is 38.2 Å². The molecule has 2 heteroatoms. The zero-order chi connectivity index (χ0) is 12.1. The first-order valence-corrected chi connectivity index (χ1v) is 6.68. The average Bonchev–Trinajstić information content (AvgIpc) is 2.40. The third-order valence-electron chi connectivity index (χ3n) is 3.11. The van der Waals surface area contributed by atoms with Crippen molar-refractivity contribution >= 4 is 22.8 Å². The van der Waals surface area contributed by atoms with E-state index in [0.29, 0.717) is 11.7 Å². The van der Waals surface area contributed by atoms with Gasteiger partial charge in [0, 0.05) is 5.57 Å². The number of hydrogen-bond donors (Lipinski definition) is 0. The van der Waals surface area contributed by atoms with E-state index < -0.39 is 0 Å². The molecule has 0 bridgehead atoms. The second-order valence-electron chi connectivity index (χ2n) is 4.25. The first kappa shape index (κ1) is 12.3. The summed E-state index contributed by atoms with van der Waals surface area (Å²) in [7, 11) is 0. The molecule has 0 saturated heterocycles. The summed E-state index contributed by atoms with van der Waals surface area (Å²) in [6, 6.07) is 10.5. The Morgan fingerprint density at radius 2 is 1.88 bits per heavy atom. The predicted octanol–water partition coefficient (Wildman–Crippen LogP) is 4.38. The van der Waals surface area contributed by atoms with Crippen molar-refractivity contribution in [1.29, 1.82) is 0 Å². The molecule has 0 atom stereocenters. The Kier molecular flexibility index (Phi) is 4.32. The van der Waals surface area contributed by atoms with Crippen LogP contribution in [0.25, 0.3) is 5.57 Å². The van der Waals surface area contributed by atoms with Crippen molar-refractivity contribution in [3.8, 4) is 0 Å². The Morgan fingerprint density at radius 3 is 2.59 bits per heavy atom. The van der Waals surface area contributed by atoms with Crippen LogP contribution in [-0.2, 0) is 4.74 Å². The van der Waals surface area contributed by atoms with Crippen molar-refractivity contribution < 1.29 is 4.74 Å². The molecule has 0 unspecified atom stereocenters. The van der Waals surface area contributed by atoms with E-state index in [0.717, 1.165) is 12.8 Å². The molecule has 0 aliphatic heterocycles. The number of ether oxygens (including phenoxy) is 1. The number of thiocarbonyl (C=S) groups is 1. The fourth-order valence-corrected chi connectivity index (χ4v) is 2.65. The van der Waals surface area contributed by atoms with E-state index >= 15 is 0 Å². The Hall–Kier alpha value is -1.15. The van der Waals surface area contributed by atoms with Gasteiger partial charge in [0.1, 0.15) is 0 Å². The van der Waals surface area contributed by atoms with Gasteiger partial charge in [0.2, 0.25) is 0 Å². The van der Waals surface area contributed by atoms with Gasteiger partial charge >= 0.3 is 0 Å². The van der Waals surface area contributed by atoms with Gasteiger partial charge in [-0.25, -0.2) is 0 Å². The van der Waals surface area contributed by atoms with Crippen molar-refractivity contribution in [1.82, 2.24) is 0 Å². The Balaban J connectivity index is 2.35. The molecule has 0 amide bonds. The van der Waals surface area contributed by atoms with Crippen molar-refractivity contribution in [3.63, 3.8) is 0 Å². The van der Waals surface area contributed by atoms with Crippen LogP contribution in [0.2, 0.25) is 0 Å². The van der Waals surface area contributed by atoms with Crippen LogP contribution in [0.5, 0.6) is 0 Å². The van der Waals surface area contributed by atoms with Crippen LogP contribution in [0.15, 0.2) is 35.9 Å². The number of hydrogen-bond acceptors (Lipinski definition) is 2. The van der Waals surface area contributed by atoms with Gasteiger partial charge in [-0.3, -0.25) is 0 Å². The molecular formula is C15H18OS. The fraction of sp³-hybridized carbons (Fsp3) is 0.400. The summed E-state index contributed by atoms with van der Waals surface area (Å²) in [6.45, 7) is 2.64.